The van der Waals surface area contributed by atoms with Gasteiger partial charge in [0.2, 0.25) is 0 Å². The highest BCUT2D eigenvalue weighted by atomic mass is 16.5. The lowest BCUT2D eigenvalue weighted by Gasteiger charge is -2.16. The van der Waals surface area contributed by atoms with Crippen LogP contribution >= 0.6 is 0 Å². The van der Waals surface area contributed by atoms with Gasteiger partial charge in [0.15, 0.2) is 5.69 Å². The van der Waals surface area contributed by atoms with Gasteiger partial charge >= 0.3 is 0 Å². The van der Waals surface area contributed by atoms with E-state index in [1.54, 1.807) is 31.4 Å². The van der Waals surface area contributed by atoms with Crippen LogP contribution in [0.15, 0.2) is 35.1 Å². The van der Waals surface area contributed by atoms with Crippen LogP contribution in [0.1, 0.15) is 23.3 Å². The maximum Gasteiger partial charge on any atom is 0.278 e. The van der Waals surface area contributed by atoms with E-state index in [4.69, 9.17) is 9.26 Å². The number of amides is 1. The third kappa shape index (κ3) is 2.86. The zero-order valence-corrected chi connectivity index (χ0v) is 13.7. The molecule has 8 nitrogen and oxygen atoms in total. The summed E-state index contributed by atoms with van der Waals surface area (Å²) in [7, 11) is 1.59. The number of carbonyl (C=O) groups excluding carboxylic acids is 1. The molecule has 0 saturated carbocycles. The summed E-state index contributed by atoms with van der Waals surface area (Å²) < 4.78 is 10.4. The number of hydrogen-bond donors (Lipinski definition) is 1. The molecule has 4 rings (SSSR count). The van der Waals surface area contributed by atoms with Gasteiger partial charge < -0.3 is 19.5 Å². The highest BCUT2D eigenvalue weighted by molar-refractivity contribution is 6.12. The Kier molecular flexibility index (Phi) is 3.93. The number of anilines is 2. The summed E-state index contributed by atoms with van der Waals surface area (Å²) >= 11 is 0. The second-order valence-corrected chi connectivity index (χ2v) is 5.79. The summed E-state index contributed by atoms with van der Waals surface area (Å²) in [6.45, 7) is 1.80. The van der Waals surface area contributed by atoms with Crippen molar-refractivity contribution in [3.05, 3.63) is 36.3 Å². The first-order valence-electron chi connectivity index (χ1n) is 8.07. The van der Waals surface area contributed by atoms with Crippen molar-refractivity contribution in [2.24, 2.45) is 0 Å². The van der Waals surface area contributed by atoms with E-state index in [-0.39, 0.29) is 11.6 Å². The van der Waals surface area contributed by atoms with E-state index in [0.29, 0.717) is 22.6 Å². The maximum absolute atomic E-state index is 12.7. The second-order valence-electron chi connectivity index (χ2n) is 5.79. The molecule has 1 saturated heterocycles. The molecule has 0 unspecified atom stereocenters. The van der Waals surface area contributed by atoms with E-state index < -0.39 is 0 Å². The van der Waals surface area contributed by atoms with Gasteiger partial charge in [0, 0.05) is 18.8 Å². The first-order valence-corrected chi connectivity index (χ1v) is 8.07. The fraction of sp³-hybridized carbons (Fsp3) is 0.294. The van der Waals surface area contributed by atoms with Crippen molar-refractivity contribution in [1.29, 1.82) is 0 Å². The van der Waals surface area contributed by atoms with Crippen molar-refractivity contribution < 1.29 is 14.1 Å². The Morgan fingerprint density at radius 1 is 1.20 bits per heavy atom. The molecule has 0 bridgehead atoms. The van der Waals surface area contributed by atoms with Crippen LogP contribution < -0.4 is 15.0 Å². The molecule has 0 atom stereocenters. The van der Waals surface area contributed by atoms with Gasteiger partial charge in [-0.1, -0.05) is 5.16 Å². The first kappa shape index (κ1) is 15.4. The maximum atomic E-state index is 12.7. The summed E-state index contributed by atoms with van der Waals surface area (Å²) in [5, 5.41) is 7.28. The predicted molar refractivity (Wildman–Crippen MR) is 92.0 cm³/mol. The second kappa shape index (κ2) is 6.39. The third-order valence-corrected chi connectivity index (χ3v) is 4.22. The Hall–Kier alpha value is -3.16. The van der Waals surface area contributed by atoms with Crippen LogP contribution in [-0.2, 0) is 0 Å². The molecule has 128 valence electrons. The van der Waals surface area contributed by atoms with Crippen LogP contribution in [0.3, 0.4) is 0 Å². The topological polar surface area (TPSA) is 93.4 Å². The van der Waals surface area contributed by atoms with Crippen LogP contribution in [0.25, 0.3) is 11.1 Å². The molecule has 1 N–H and O–H groups in total. The standard InChI is InChI=1S/C17H17N5O3/c1-24-12-6-4-11(5-7-12)20-16(23)14-13-15(22-8-2-3-9-22)18-10-19-17(13)25-21-14/h4-7,10H,2-3,8-9H2,1H3,(H,20,23). The summed E-state index contributed by atoms with van der Waals surface area (Å²) in [6, 6.07) is 7.07. The molecule has 0 aliphatic carbocycles. The van der Waals surface area contributed by atoms with Crippen molar-refractivity contribution in [3.63, 3.8) is 0 Å². The number of nitrogens with one attached hydrogen (secondary N) is 1. The van der Waals surface area contributed by atoms with Crippen LogP contribution in [0.4, 0.5) is 11.5 Å². The molecule has 2 aromatic heterocycles. The molecule has 1 aromatic carbocycles. The van der Waals surface area contributed by atoms with Crippen LogP contribution in [0.2, 0.25) is 0 Å². The zero-order valence-electron chi connectivity index (χ0n) is 13.7. The third-order valence-electron chi connectivity index (χ3n) is 4.22. The number of nitrogens with zero attached hydrogens (tertiary/aromatic N) is 4. The smallest absolute Gasteiger partial charge is 0.278 e. The number of ether oxygens (including phenoxy) is 1. The lowest BCUT2D eigenvalue weighted by molar-refractivity contribution is 0.102. The Balaban J connectivity index is 1.66. The summed E-state index contributed by atoms with van der Waals surface area (Å²) in [6.07, 6.45) is 3.64. The molecule has 0 radical (unpaired) electrons. The zero-order chi connectivity index (χ0) is 17.2. The average molecular weight is 339 g/mol. The van der Waals surface area contributed by atoms with E-state index >= 15 is 0 Å². The number of methoxy groups -OCH3 is 1. The van der Waals surface area contributed by atoms with Gasteiger partial charge in [-0.3, -0.25) is 4.79 Å². The largest absolute Gasteiger partial charge is 0.497 e. The Bertz CT molecular complexity index is 900. The van der Waals surface area contributed by atoms with Crippen molar-refractivity contribution in [2.75, 3.05) is 30.4 Å². The minimum absolute atomic E-state index is 0.188. The number of benzene rings is 1. The molecule has 8 heteroatoms. The number of fused-ring (bicyclic) bond motifs is 1. The monoisotopic (exact) mass is 339 g/mol. The van der Waals surface area contributed by atoms with Gasteiger partial charge in [-0.25, -0.2) is 4.98 Å². The van der Waals surface area contributed by atoms with Gasteiger partial charge in [0.25, 0.3) is 11.6 Å². The number of carbonyl (C=O) groups is 1. The van der Waals surface area contributed by atoms with Gasteiger partial charge in [0.05, 0.1) is 7.11 Å². The molecule has 1 fully saturated rings. The first-order chi connectivity index (χ1) is 12.3. The highest BCUT2D eigenvalue weighted by Gasteiger charge is 2.25. The normalized spacial score (nSPS) is 14.0. The van der Waals surface area contributed by atoms with E-state index in [1.165, 1.54) is 6.33 Å². The van der Waals surface area contributed by atoms with Crippen LogP contribution in [-0.4, -0.2) is 41.2 Å². The Morgan fingerprint density at radius 2 is 1.96 bits per heavy atom. The number of hydrogen-bond acceptors (Lipinski definition) is 7. The summed E-state index contributed by atoms with van der Waals surface area (Å²) in [5.41, 5.74) is 1.15. The summed E-state index contributed by atoms with van der Waals surface area (Å²) in [5.74, 6) is 1.05. The SMILES string of the molecule is COc1ccc(NC(=O)c2noc3ncnc(N4CCCC4)c23)cc1. The van der Waals surface area contributed by atoms with Crippen molar-refractivity contribution >= 4 is 28.5 Å². The predicted octanol–water partition coefficient (Wildman–Crippen LogP) is 2.48. The van der Waals surface area contributed by atoms with E-state index in [0.717, 1.165) is 31.7 Å². The molecule has 0 spiro atoms. The molecule has 3 aromatic rings. The molecule has 1 aliphatic rings. The van der Waals surface area contributed by atoms with Gasteiger partial charge in [-0.2, -0.15) is 4.98 Å². The fourth-order valence-electron chi connectivity index (χ4n) is 2.96. The molecule has 1 aliphatic heterocycles. The molecular weight excluding hydrogens is 322 g/mol. The van der Waals surface area contributed by atoms with E-state index in [9.17, 15) is 4.79 Å². The molecule has 3 heterocycles. The van der Waals surface area contributed by atoms with Crippen molar-refractivity contribution in [2.45, 2.75) is 12.8 Å². The van der Waals surface area contributed by atoms with Gasteiger partial charge in [-0.05, 0) is 37.1 Å². The minimum Gasteiger partial charge on any atom is -0.497 e. The lowest BCUT2D eigenvalue weighted by Crippen LogP contribution is -2.20. The Labute approximate surface area is 143 Å². The fourth-order valence-corrected chi connectivity index (χ4v) is 2.96. The van der Waals surface area contributed by atoms with Crippen molar-refractivity contribution in [3.8, 4) is 5.75 Å². The minimum atomic E-state index is -0.362. The van der Waals surface area contributed by atoms with Crippen LogP contribution in [0.5, 0.6) is 5.75 Å². The number of rotatable bonds is 4. The highest BCUT2D eigenvalue weighted by Crippen LogP contribution is 2.29. The lowest BCUT2D eigenvalue weighted by atomic mass is 10.2. The van der Waals surface area contributed by atoms with Gasteiger partial charge in [-0.15, -0.1) is 0 Å². The average Bonchev–Trinajstić information content (AvgIpc) is 3.32. The van der Waals surface area contributed by atoms with Crippen LogP contribution in [0, 0.1) is 0 Å². The quantitative estimate of drug-likeness (QED) is 0.780. The van der Waals surface area contributed by atoms with E-state index in [1.807, 2.05) is 0 Å². The van der Waals surface area contributed by atoms with Gasteiger partial charge in [0.1, 0.15) is 23.3 Å². The molecule has 1 amide bonds. The van der Waals surface area contributed by atoms with E-state index in [2.05, 4.69) is 25.3 Å². The molecular formula is C17H17N5O3. The summed E-state index contributed by atoms with van der Waals surface area (Å²) in [4.78, 5) is 23.2. The molecule has 25 heavy (non-hydrogen) atoms. The van der Waals surface area contributed by atoms with Crippen molar-refractivity contribution in [1.82, 2.24) is 15.1 Å². The number of aromatic nitrogens is 3. The Morgan fingerprint density at radius 3 is 2.68 bits per heavy atom.